The first-order chi connectivity index (χ1) is 7.44. The number of hydrogen-bond acceptors (Lipinski definition) is 8. The van der Waals surface area contributed by atoms with Crippen molar-refractivity contribution in [2.45, 2.75) is 0 Å². The largest absolute Gasteiger partial charge is 4.00 e. The summed E-state index contributed by atoms with van der Waals surface area (Å²) in [5, 5.41) is 32.0. The zero-order valence-corrected chi connectivity index (χ0v) is 12.1. The molecule has 0 radical (unpaired) electrons. The number of allylic oxidation sites excluding steroid dienone is 4. The predicted molar refractivity (Wildman–Crippen MR) is 66.0 cm³/mol. The van der Waals surface area contributed by atoms with Gasteiger partial charge in [-0.3, -0.25) is 0 Å². The Hall–Kier alpha value is -1.16. The van der Waals surface area contributed by atoms with Gasteiger partial charge in [0.2, 0.25) is 0 Å². The molecule has 0 fully saturated rings. The van der Waals surface area contributed by atoms with Gasteiger partial charge in [0.1, 0.15) is 0 Å². The number of rotatable bonds is 0. The normalized spacial score (nSPS) is 10.1. The van der Waals surface area contributed by atoms with Gasteiger partial charge in [-0.2, -0.15) is 21.0 Å². The van der Waals surface area contributed by atoms with Gasteiger partial charge in [0.15, 0.2) is 0 Å². The zero-order valence-electron chi connectivity index (χ0n) is 7.78. The van der Waals surface area contributed by atoms with Crippen molar-refractivity contribution in [3.63, 3.8) is 0 Å². The molecule has 0 N–H and O–H groups in total. The van der Waals surface area contributed by atoms with E-state index < -0.39 is 0 Å². The van der Waals surface area contributed by atoms with Gasteiger partial charge in [-0.15, -0.1) is 19.6 Å². The molecule has 0 bridgehead atoms. The Morgan fingerprint density at radius 3 is 0.706 bits per heavy atom. The van der Waals surface area contributed by atoms with E-state index in [1.165, 1.54) is 0 Å². The average Bonchev–Trinajstić information content (AvgIpc) is 2.35. The second-order valence-electron chi connectivity index (χ2n) is 1.76. The topological polar surface area (TPSA) is 95.2 Å². The molecule has 0 aliphatic rings. The first-order valence-corrected chi connectivity index (χ1v) is 4.84. The van der Waals surface area contributed by atoms with Gasteiger partial charge in [0, 0.05) is 0 Å². The second-order valence-corrected chi connectivity index (χ2v) is 3.40. The minimum atomic E-state index is -0.109. The molecule has 0 rings (SSSR count). The Bertz CT molecular complexity index is 394. The van der Waals surface area contributed by atoms with Gasteiger partial charge < -0.3 is 50.5 Å². The molecule has 0 spiro atoms. The standard InChI is InChI=1S/2C4H2N2S2.Fe/c2*5-1-3(7)4(8)2-6;/h2*7-8H;/q;;+4/p-4/b2*4-3-;. The average molecular weight is 336 g/mol. The summed E-state index contributed by atoms with van der Waals surface area (Å²) < 4.78 is 0. The molecule has 0 atom stereocenters. The van der Waals surface area contributed by atoms with Crippen LogP contribution in [0, 0.1) is 45.3 Å². The molecule has 0 saturated carbocycles. The number of hydrogen-bond donors (Lipinski definition) is 0. The Labute approximate surface area is 132 Å². The van der Waals surface area contributed by atoms with E-state index in [2.05, 4.69) is 50.5 Å². The van der Waals surface area contributed by atoms with Crippen molar-refractivity contribution in [3.05, 3.63) is 19.6 Å². The zero-order chi connectivity index (χ0) is 13.1. The molecule has 0 aliphatic carbocycles. The third-order valence-corrected chi connectivity index (χ3v) is 2.26. The summed E-state index contributed by atoms with van der Waals surface area (Å²) in [7, 11) is 0. The maximum atomic E-state index is 8.01. The summed E-state index contributed by atoms with van der Waals surface area (Å²) in [6.45, 7) is 0. The van der Waals surface area contributed by atoms with Crippen molar-refractivity contribution in [2.75, 3.05) is 0 Å². The fourth-order valence-electron chi connectivity index (χ4n) is 0.203. The van der Waals surface area contributed by atoms with Crippen LogP contribution < -0.4 is 0 Å². The fraction of sp³-hybridized carbons (Fsp3) is 0. The van der Waals surface area contributed by atoms with E-state index >= 15 is 0 Å². The van der Waals surface area contributed by atoms with Crippen molar-refractivity contribution in [3.8, 4) is 24.3 Å². The molecule has 0 heterocycles. The van der Waals surface area contributed by atoms with Gasteiger partial charge >= 0.3 is 17.1 Å². The molecule has 0 saturated heterocycles. The van der Waals surface area contributed by atoms with E-state index in [-0.39, 0.29) is 36.7 Å². The number of nitriles is 4. The van der Waals surface area contributed by atoms with E-state index in [1.54, 1.807) is 24.3 Å². The van der Waals surface area contributed by atoms with Gasteiger partial charge in [0.05, 0.1) is 24.3 Å². The van der Waals surface area contributed by atoms with Crippen molar-refractivity contribution in [1.29, 1.82) is 21.0 Å². The van der Waals surface area contributed by atoms with E-state index in [0.717, 1.165) is 0 Å². The molecule has 0 amide bonds. The van der Waals surface area contributed by atoms with Gasteiger partial charge in [-0.1, -0.05) is 0 Å². The molecule has 0 unspecified atom stereocenters. The van der Waals surface area contributed by atoms with Crippen LogP contribution in [0.2, 0.25) is 0 Å². The minimum Gasteiger partial charge on any atom is -0.770 e. The van der Waals surface area contributed by atoms with Crippen LogP contribution in [0.1, 0.15) is 0 Å². The van der Waals surface area contributed by atoms with Crippen LogP contribution in [0.25, 0.3) is 0 Å². The van der Waals surface area contributed by atoms with Crippen LogP contribution in [-0.2, 0) is 67.6 Å². The van der Waals surface area contributed by atoms with Crippen LogP contribution in [0.4, 0.5) is 0 Å². The van der Waals surface area contributed by atoms with Crippen LogP contribution in [-0.4, -0.2) is 0 Å². The van der Waals surface area contributed by atoms with E-state index in [4.69, 9.17) is 21.0 Å². The van der Waals surface area contributed by atoms with Crippen LogP contribution in [0.5, 0.6) is 0 Å². The maximum Gasteiger partial charge on any atom is 4.00 e. The first kappa shape index (κ1) is 21.2. The SMILES string of the molecule is N#C/C([S-])=C(/[S-])C#N.N#C/C([S-])=C(/[S-])C#N.[Fe+4]. The Morgan fingerprint density at radius 2 is 0.647 bits per heavy atom. The summed E-state index contributed by atoms with van der Waals surface area (Å²) in [4.78, 5) is -0.435. The molecule has 4 nitrogen and oxygen atoms in total. The van der Waals surface area contributed by atoms with Crippen molar-refractivity contribution < 1.29 is 17.1 Å². The van der Waals surface area contributed by atoms with Crippen LogP contribution in [0.15, 0.2) is 19.6 Å². The monoisotopic (exact) mass is 336 g/mol. The molecular formula is C8FeN4S4. The molecule has 0 aromatic rings. The fourth-order valence-corrected chi connectivity index (χ4v) is 0.386. The number of nitrogens with zero attached hydrogens (tertiary/aromatic N) is 4. The predicted octanol–water partition coefficient (Wildman–Crippen LogP) is 0.675. The van der Waals surface area contributed by atoms with Crippen molar-refractivity contribution in [1.82, 2.24) is 0 Å². The quantitative estimate of drug-likeness (QED) is 0.362. The van der Waals surface area contributed by atoms with Crippen molar-refractivity contribution in [2.24, 2.45) is 0 Å². The Kier molecular flexibility index (Phi) is 16.1. The Morgan fingerprint density at radius 1 is 0.529 bits per heavy atom. The smallest absolute Gasteiger partial charge is 0.770 e. The molecule has 0 aromatic heterocycles. The van der Waals surface area contributed by atoms with Crippen molar-refractivity contribution >= 4 is 50.5 Å². The van der Waals surface area contributed by atoms with Crippen LogP contribution in [0.3, 0.4) is 0 Å². The van der Waals surface area contributed by atoms with E-state index in [1.807, 2.05) is 0 Å². The molecule has 9 heteroatoms. The summed E-state index contributed by atoms with van der Waals surface area (Å²) >= 11 is 17.4. The van der Waals surface area contributed by atoms with E-state index in [0.29, 0.717) is 0 Å². The molecular weight excluding hydrogens is 336 g/mol. The van der Waals surface area contributed by atoms with Crippen LogP contribution >= 0.6 is 0 Å². The summed E-state index contributed by atoms with van der Waals surface area (Å²) in [5.74, 6) is 0. The molecule has 0 aromatic carbocycles. The molecule has 84 valence electrons. The molecule has 17 heavy (non-hydrogen) atoms. The summed E-state index contributed by atoms with van der Waals surface area (Å²) in [5.41, 5.74) is 0. The summed E-state index contributed by atoms with van der Waals surface area (Å²) in [6, 6.07) is 6.33. The minimum absolute atomic E-state index is 0. The van der Waals surface area contributed by atoms with Gasteiger partial charge in [-0.25, -0.2) is 0 Å². The van der Waals surface area contributed by atoms with Gasteiger partial charge in [0.25, 0.3) is 0 Å². The van der Waals surface area contributed by atoms with Gasteiger partial charge in [-0.05, 0) is 0 Å². The van der Waals surface area contributed by atoms with E-state index in [9.17, 15) is 0 Å². The summed E-state index contributed by atoms with van der Waals surface area (Å²) in [6.07, 6.45) is 0. The first-order valence-electron chi connectivity index (χ1n) is 3.21. The third kappa shape index (κ3) is 11.1. The second kappa shape index (κ2) is 12.9. The third-order valence-electron chi connectivity index (χ3n) is 0.819. The Balaban J connectivity index is -0.000000218. The molecule has 0 aliphatic heterocycles. The maximum absolute atomic E-state index is 8.01.